The van der Waals surface area contributed by atoms with Gasteiger partial charge in [-0.25, -0.2) is 0 Å². The number of amides is 1. The second-order valence-electron chi connectivity index (χ2n) is 8.16. The van der Waals surface area contributed by atoms with E-state index in [0.29, 0.717) is 19.1 Å². The maximum atomic E-state index is 12.1. The molecule has 168 valence electrons. The number of furan rings is 1. The van der Waals surface area contributed by atoms with Crippen LogP contribution in [0.5, 0.6) is 0 Å². The molecule has 1 aromatic rings. The minimum absolute atomic E-state index is 0. The van der Waals surface area contributed by atoms with E-state index in [1.54, 1.807) is 6.26 Å². The summed E-state index contributed by atoms with van der Waals surface area (Å²) in [7, 11) is 0. The summed E-state index contributed by atoms with van der Waals surface area (Å²) in [5, 5.41) is 6.58. The summed E-state index contributed by atoms with van der Waals surface area (Å²) in [6.07, 6.45) is 7.26. The van der Waals surface area contributed by atoms with Gasteiger partial charge in [-0.3, -0.25) is 14.7 Å². The standard InChI is InChI=1S/C21H33N5O3.HI/c27-20(24-17-5-6-17)16-25-9-11-26(12-10-25)21(23-15-19-4-2-14-29-19)22-8-7-18-3-1-13-28-18;/h1,3,13,17,19H,2,4-12,14-16H2,(H,22,23)(H,24,27);1H. The van der Waals surface area contributed by atoms with E-state index in [9.17, 15) is 4.79 Å². The molecule has 2 N–H and O–H groups in total. The number of hydrogen-bond acceptors (Lipinski definition) is 5. The zero-order valence-electron chi connectivity index (χ0n) is 17.6. The lowest BCUT2D eigenvalue weighted by molar-refractivity contribution is -0.122. The summed E-state index contributed by atoms with van der Waals surface area (Å²) in [4.78, 5) is 21.4. The highest BCUT2D eigenvalue weighted by molar-refractivity contribution is 14.0. The molecule has 4 rings (SSSR count). The van der Waals surface area contributed by atoms with Gasteiger partial charge in [0, 0.05) is 51.8 Å². The number of aliphatic imine (C=N–C) groups is 1. The van der Waals surface area contributed by atoms with E-state index < -0.39 is 0 Å². The maximum absolute atomic E-state index is 12.1. The second-order valence-corrected chi connectivity index (χ2v) is 8.16. The van der Waals surface area contributed by atoms with Gasteiger partial charge in [-0.1, -0.05) is 0 Å². The number of nitrogens with one attached hydrogen (secondary N) is 2. The largest absolute Gasteiger partial charge is 0.469 e. The Hall–Kier alpha value is -1.33. The fraction of sp³-hybridized carbons (Fsp3) is 0.714. The monoisotopic (exact) mass is 531 g/mol. The lowest BCUT2D eigenvalue weighted by atomic mass is 10.2. The molecule has 30 heavy (non-hydrogen) atoms. The predicted octanol–water partition coefficient (Wildman–Crippen LogP) is 1.46. The van der Waals surface area contributed by atoms with Crippen LogP contribution in [-0.2, 0) is 16.0 Å². The van der Waals surface area contributed by atoms with Gasteiger partial charge in [-0.2, -0.15) is 0 Å². The molecule has 1 aliphatic carbocycles. The number of piperazine rings is 1. The van der Waals surface area contributed by atoms with Crippen LogP contribution < -0.4 is 10.6 Å². The number of hydrogen-bond donors (Lipinski definition) is 2. The number of rotatable bonds is 8. The Morgan fingerprint density at radius 1 is 1.20 bits per heavy atom. The number of guanidine groups is 1. The smallest absolute Gasteiger partial charge is 0.234 e. The Morgan fingerprint density at radius 2 is 2.03 bits per heavy atom. The van der Waals surface area contributed by atoms with Crippen molar-refractivity contribution in [1.29, 1.82) is 0 Å². The van der Waals surface area contributed by atoms with Gasteiger partial charge >= 0.3 is 0 Å². The first-order valence-electron chi connectivity index (χ1n) is 11.0. The first-order valence-corrected chi connectivity index (χ1v) is 11.0. The van der Waals surface area contributed by atoms with Crippen molar-refractivity contribution >= 4 is 35.8 Å². The molecular weight excluding hydrogens is 497 g/mol. The molecule has 1 amide bonds. The molecular formula is C21H34IN5O3. The van der Waals surface area contributed by atoms with Crippen LogP contribution in [0.25, 0.3) is 0 Å². The van der Waals surface area contributed by atoms with E-state index in [2.05, 4.69) is 20.4 Å². The molecule has 3 heterocycles. The average molecular weight is 531 g/mol. The van der Waals surface area contributed by atoms with Crippen LogP contribution in [0.15, 0.2) is 27.8 Å². The zero-order valence-corrected chi connectivity index (χ0v) is 19.9. The molecule has 0 radical (unpaired) electrons. The Morgan fingerprint density at radius 3 is 2.70 bits per heavy atom. The molecule has 1 saturated carbocycles. The van der Waals surface area contributed by atoms with Crippen LogP contribution in [0.4, 0.5) is 0 Å². The van der Waals surface area contributed by atoms with Crippen molar-refractivity contribution in [3.63, 3.8) is 0 Å². The predicted molar refractivity (Wildman–Crippen MR) is 126 cm³/mol. The fourth-order valence-corrected chi connectivity index (χ4v) is 3.82. The Balaban J connectivity index is 0.00000256. The second kappa shape index (κ2) is 11.9. The number of ether oxygens (including phenoxy) is 1. The Kier molecular flexibility index (Phi) is 9.26. The molecule has 1 aromatic heterocycles. The van der Waals surface area contributed by atoms with Crippen LogP contribution in [0.2, 0.25) is 0 Å². The summed E-state index contributed by atoms with van der Waals surface area (Å²) in [5.41, 5.74) is 0. The van der Waals surface area contributed by atoms with Gasteiger partial charge in [-0.15, -0.1) is 24.0 Å². The van der Waals surface area contributed by atoms with Gasteiger partial charge in [0.05, 0.1) is 25.5 Å². The van der Waals surface area contributed by atoms with Crippen LogP contribution in [0.1, 0.15) is 31.4 Å². The number of carbonyl (C=O) groups excluding carboxylic acids is 1. The Labute approximate surface area is 195 Å². The maximum Gasteiger partial charge on any atom is 0.234 e. The van der Waals surface area contributed by atoms with Gasteiger partial charge < -0.3 is 24.7 Å². The van der Waals surface area contributed by atoms with Gasteiger partial charge in [0.15, 0.2) is 5.96 Å². The van der Waals surface area contributed by atoms with Crippen molar-refractivity contribution in [3.05, 3.63) is 24.2 Å². The third kappa shape index (κ3) is 7.42. The van der Waals surface area contributed by atoms with Gasteiger partial charge in [-0.05, 0) is 37.8 Å². The minimum Gasteiger partial charge on any atom is -0.469 e. The van der Waals surface area contributed by atoms with Crippen molar-refractivity contribution < 1.29 is 13.9 Å². The quantitative estimate of drug-likeness (QED) is 0.301. The van der Waals surface area contributed by atoms with Crippen molar-refractivity contribution in [1.82, 2.24) is 20.4 Å². The van der Waals surface area contributed by atoms with E-state index in [0.717, 1.165) is 83.2 Å². The van der Waals surface area contributed by atoms with E-state index in [1.807, 2.05) is 12.1 Å². The fourth-order valence-electron chi connectivity index (χ4n) is 3.82. The van der Waals surface area contributed by atoms with E-state index in [1.165, 1.54) is 0 Å². The van der Waals surface area contributed by atoms with Crippen LogP contribution >= 0.6 is 24.0 Å². The number of carbonyl (C=O) groups is 1. The van der Waals surface area contributed by atoms with Crippen LogP contribution in [-0.4, -0.2) is 86.2 Å². The normalized spacial score (nSPS) is 22.6. The highest BCUT2D eigenvalue weighted by atomic mass is 127. The first-order chi connectivity index (χ1) is 14.3. The van der Waals surface area contributed by atoms with Gasteiger partial charge in [0.2, 0.25) is 5.91 Å². The van der Waals surface area contributed by atoms with E-state index in [-0.39, 0.29) is 36.0 Å². The molecule has 0 bridgehead atoms. The highest BCUT2D eigenvalue weighted by Gasteiger charge is 2.26. The lowest BCUT2D eigenvalue weighted by Crippen LogP contribution is -2.54. The third-order valence-electron chi connectivity index (χ3n) is 5.68. The molecule has 8 nitrogen and oxygen atoms in total. The van der Waals surface area contributed by atoms with Crippen molar-refractivity contribution in [2.24, 2.45) is 4.99 Å². The van der Waals surface area contributed by atoms with Crippen LogP contribution in [0, 0.1) is 0 Å². The third-order valence-corrected chi connectivity index (χ3v) is 5.68. The molecule has 9 heteroatoms. The van der Waals surface area contributed by atoms with Gasteiger partial charge in [0.1, 0.15) is 5.76 Å². The Bertz CT molecular complexity index is 666. The molecule has 2 aliphatic heterocycles. The molecule has 2 saturated heterocycles. The average Bonchev–Trinajstić information content (AvgIpc) is 3.18. The minimum atomic E-state index is 0. The molecule has 3 fully saturated rings. The van der Waals surface area contributed by atoms with Gasteiger partial charge in [0.25, 0.3) is 0 Å². The molecule has 0 spiro atoms. The molecule has 1 unspecified atom stereocenters. The summed E-state index contributed by atoms with van der Waals surface area (Å²) in [5.74, 6) is 2.07. The number of halogens is 1. The molecule has 0 aromatic carbocycles. The lowest BCUT2D eigenvalue weighted by Gasteiger charge is -2.36. The molecule has 3 aliphatic rings. The number of nitrogens with zero attached hydrogens (tertiary/aromatic N) is 3. The highest BCUT2D eigenvalue weighted by Crippen LogP contribution is 2.18. The summed E-state index contributed by atoms with van der Waals surface area (Å²) < 4.78 is 11.2. The van der Waals surface area contributed by atoms with E-state index >= 15 is 0 Å². The first kappa shape index (κ1) is 23.3. The van der Waals surface area contributed by atoms with Crippen LogP contribution in [0.3, 0.4) is 0 Å². The van der Waals surface area contributed by atoms with Crippen molar-refractivity contribution in [3.8, 4) is 0 Å². The molecule has 1 atom stereocenters. The topological polar surface area (TPSA) is 82.3 Å². The summed E-state index contributed by atoms with van der Waals surface area (Å²) in [6.45, 7) is 6.31. The van der Waals surface area contributed by atoms with Crippen molar-refractivity contribution in [2.75, 3.05) is 52.4 Å². The zero-order chi connectivity index (χ0) is 19.9. The van der Waals surface area contributed by atoms with E-state index in [4.69, 9.17) is 14.1 Å². The van der Waals surface area contributed by atoms with Crippen molar-refractivity contribution in [2.45, 2.75) is 44.2 Å². The summed E-state index contributed by atoms with van der Waals surface area (Å²) in [6, 6.07) is 4.34. The summed E-state index contributed by atoms with van der Waals surface area (Å²) >= 11 is 0. The SMILES string of the molecule is I.O=C(CN1CCN(C(=NCC2CCCO2)NCCc2ccco2)CC1)NC1CC1.